The van der Waals surface area contributed by atoms with Crippen LogP contribution in [-0.2, 0) is 0 Å². The number of methoxy groups -OCH3 is 1. The lowest BCUT2D eigenvalue weighted by molar-refractivity contribution is 0.411. The van der Waals surface area contributed by atoms with E-state index in [9.17, 15) is 13.2 Å². The number of benzene rings is 2. The van der Waals surface area contributed by atoms with Crippen LogP contribution >= 0.6 is 11.6 Å². The molecule has 2 rings (SSSR count). The van der Waals surface area contributed by atoms with E-state index in [1.165, 1.54) is 7.11 Å². The van der Waals surface area contributed by atoms with Gasteiger partial charge in [-0.15, -0.1) is 11.6 Å². The lowest BCUT2D eigenvalue weighted by atomic mass is 10.0. The minimum absolute atomic E-state index is 0.114. The minimum Gasteiger partial charge on any atom is -0.496 e. The lowest BCUT2D eigenvalue weighted by Gasteiger charge is -2.14. The third-order valence-corrected chi connectivity index (χ3v) is 3.52. The average Bonchev–Trinajstić information content (AvgIpc) is 2.42. The molecule has 0 aliphatic rings. The van der Waals surface area contributed by atoms with Gasteiger partial charge in [-0.2, -0.15) is 0 Å². The van der Waals surface area contributed by atoms with E-state index in [2.05, 4.69) is 0 Å². The molecule has 2 aromatic rings. The highest BCUT2D eigenvalue weighted by Gasteiger charge is 2.19. The third-order valence-electron chi connectivity index (χ3n) is 3.04. The van der Waals surface area contributed by atoms with Gasteiger partial charge in [-0.3, -0.25) is 0 Å². The Kier molecular flexibility index (Phi) is 4.23. The standard InChI is InChI=1S/C15H12ClF3O/c1-8-3-4-9(5-14(8)20-2)15(16)10-6-12(18)13(19)7-11(10)17/h3-7,15H,1-2H3. The summed E-state index contributed by atoms with van der Waals surface area (Å²) in [6.45, 7) is 1.85. The Bertz CT molecular complexity index is 643. The van der Waals surface area contributed by atoms with Crippen molar-refractivity contribution in [1.29, 1.82) is 0 Å². The highest BCUT2D eigenvalue weighted by Crippen LogP contribution is 2.34. The second kappa shape index (κ2) is 5.75. The predicted molar refractivity (Wildman–Crippen MR) is 71.7 cm³/mol. The molecule has 1 nitrogen and oxygen atoms in total. The van der Waals surface area contributed by atoms with E-state index in [4.69, 9.17) is 16.3 Å². The maximum absolute atomic E-state index is 13.7. The van der Waals surface area contributed by atoms with Crippen molar-refractivity contribution in [2.24, 2.45) is 0 Å². The summed E-state index contributed by atoms with van der Waals surface area (Å²) >= 11 is 6.16. The van der Waals surface area contributed by atoms with E-state index < -0.39 is 22.8 Å². The van der Waals surface area contributed by atoms with Crippen LogP contribution in [-0.4, -0.2) is 7.11 Å². The number of halogens is 4. The Morgan fingerprint density at radius 2 is 1.65 bits per heavy atom. The maximum atomic E-state index is 13.7. The van der Waals surface area contributed by atoms with Crippen molar-refractivity contribution in [2.45, 2.75) is 12.3 Å². The first-order valence-corrected chi connectivity index (χ1v) is 6.30. The van der Waals surface area contributed by atoms with Crippen molar-refractivity contribution < 1.29 is 17.9 Å². The fraction of sp³-hybridized carbons (Fsp3) is 0.200. The first-order chi connectivity index (χ1) is 9.43. The molecule has 0 saturated carbocycles. The van der Waals surface area contributed by atoms with Crippen LogP contribution < -0.4 is 4.74 Å². The largest absolute Gasteiger partial charge is 0.496 e. The molecule has 20 heavy (non-hydrogen) atoms. The van der Waals surface area contributed by atoms with Crippen LogP contribution in [0.15, 0.2) is 30.3 Å². The van der Waals surface area contributed by atoms with E-state index in [1.807, 2.05) is 6.92 Å². The topological polar surface area (TPSA) is 9.23 Å². The monoisotopic (exact) mass is 300 g/mol. The van der Waals surface area contributed by atoms with E-state index in [1.54, 1.807) is 18.2 Å². The Balaban J connectivity index is 2.46. The quantitative estimate of drug-likeness (QED) is 0.587. The van der Waals surface area contributed by atoms with Gasteiger partial charge < -0.3 is 4.74 Å². The number of ether oxygens (including phenoxy) is 1. The molecule has 0 aromatic heterocycles. The fourth-order valence-corrected chi connectivity index (χ4v) is 2.21. The summed E-state index contributed by atoms with van der Waals surface area (Å²) < 4.78 is 45.0. The maximum Gasteiger partial charge on any atom is 0.161 e. The number of rotatable bonds is 3. The van der Waals surface area contributed by atoms with E-state index in [0.717, 1.165) is 11.6 Å². The van der Waals surface area contributed by atoms with Crippen LogP contribution in [0.5, 0.6) is 5.75 Å². The summed E-state index contributed by atoms with van der Waals surface area (Å²) in [7, 11) is 1.51. The van der Waals surface area contributed by atoms with Crippen molar-refractivity contribution in [3.05, 3.63) is 64.5 Å². The fourth-order valence-electron chi connectivity index (χ4n) is 1.91. The van der Waals surface area contributed by atoms with Crippen molar-refractivity contribution in [2.75, 3.05) is 7.11 Å². The second-order valence-electron chi connectivity index (χ2n) is 4.38. The summed E-state index contributed by atoms with van der Waals surface area (Å²) in [5.74, 6) is -2.66. The zero-order valence-electron chi connectivity index (χ0n) is 10.9. The van der Waals surface area contributed by atoms with Crippen molar-refractivity contribution in [3.8, 4) is 5.75 Å². The SMILES string of the molecule is COc1cc(C(Cl)c2cc(F)c(F)cc2F)ccc1C. The molecular weight excluding hydrogens is 289 g/mol. The van der Waals surface area contributed by atoms with Crippen LogP contribution in [0.1, 0.15) is 22.1 Å². The molecular formula is C15H12ClF3O. The average molecular weight is 301 g/mol. The summed E-state index contributed by atoms with van der Waals surface area (Å²) in [5, 5.41) is -0.931. The predicted octanol–water partition coefficient (Wildman–Crippen LogP) is 4.75. The van der Waals surface area contributed by atoms with Crippen LogP contribution in [0.25, 0.3) is 0 Å². The molecule has 5 heteroatoms. The van der Waals surface area contributed by atoms with Gasteiger partial charge in [0.25, 0.3) is 0 Å². The van der Waals surface area contributed by atoms with E-state index >= 15 is 0 Å². The molecule has 0 bridgehead atoms. The molecule has 0 aliphatic heterocycles. The van der Waals surface area contributed by atoms with Crippen LogP contribution in [0, 0.1) is 24.4 Å². The van der Waals surface area contributed by atoms with Gasteiger partial charge in [0.05, 0.1) is 12.5 Å². The highest BCUT2D eigenvalue weighted by molar-refractivity contribution is 6.22. The van der Waals surface area contributed by atoms with Crippen molar-refractivity contribution in [3.63, 3.8) is 0 Å². The molecule has 0 spiro atoms. The van der Waals surface area contributed by atoms with Crippen LogP contribution in [0.3, 0.4) is 0 Å². The van der Waals surface area contributed by atoms with E-state index in [-0.39, 0.29) is 5.56 Å². The van der Waals surface area contributed by atoms with Crippen molar-refractivity contribution >= 4 is 11.6 Å². The Morgan fingerprint density at radius 3 is 2.30 bits per heavy atom. The molecule has 0 saturated heterocycles. The Morgan fingerprint density at radius 1 is 1.00 bits per heavy atom. The van der Waals surface area contributed by atoms with Crippen LogP contribution in [0.4, 0.5) is 13.2 Å². The molecule has 0 aliphatic carbocycles. The van der Waals surface area contributed by atoms with Crippen molar-refractivity contribution in [1.82, 2.24) is 0 Å². The van der Waals surface area contributed by atoms with Gasteiger partial charge in [-0.25, -0.2) is 13.2 Å². The molecule has 0 N–H and O–H groups in total. The van der Waals surface area contributed by atoms with Gasteiger partial charge in [0.2, 0.25) is 0 Å². The second-order valence-corrected chi connectivity index (χ2v) is 4.82. The van der Waals surface area contributed by atoms with Gasteiger partial charge in [0.15, 0.2) is 11.6 Å². The normalized spacial score (nSPS) is 12.3. The summed E-state index contributed by atoms with van der Waals surface area (Å²) in [5.41, 5.74) is 1.32. The first kappa shape index (κ1) is 14.7. The van der Waals surface area contributed by atoms with E-state index in [0.29, 0.717) is 17.4 Å². The van der Waals surface area contributed by atoms with Crippen LogP contribution in [0.2, 0.25) is 0 Å². The molecule has 1 atom stereocenters. The highest BCUT2D eigenvalue weighted by atomic mass is 35.5. The minimum atomic E-state index is -1.24. The lowest BCUT2D eigenvalue weighted by Crippen LogP contribution is -2.01. The zero-order chi connectivity index (χ0) is 14.9. The van der Waals surface area contributed by atoms with Gasteiger partial charge in [0, 0.05) is 11.6 Å². The first-order valence-electron chi connectivity index (χ1n) is 5.87. The summed E-state index contributed by atoms with van der Waals surface area (Å²) in [6, 6.07) is 6.37. The smallest absolute Gasteiger partial charge is 0.161 e. The zero-order valence-corrected chi connectivity index (χ0v) is 11.6. The number of aryl methyl sites for hydroxylation is 1. The Labute approximate surface area is 119 Å². The number of hydrogen-bond acceptors (Lipinski definition) is 1. The molecule has 0 fully saturated rings. The molecule has 0 heterocycles. The van der Waals surface area contributed by atoms with Gasteiger partial charge >= 0.3 is 0 Å². The third kappa shape index (κ3) is 2.75. The molecule has 2 aromatic carbocycles. The van der Waals surface area contributed by atoms with Gasteiger partial charge in [0.1, 0.15) is 11.6 Å². The Hall–Kier alpha value is -1.68. The summed E-state index contributed by atoms with van der Waals surface area (Å²) in [4.78, 5) is 0. The van der Waals surface area contributed by atoms with Gasteiger partial charge in [-0.1, -0.05) is 12.1 Å². The molecule has 0 amide bonds. The molecule has 106 valence electrons. The number of hydrogen-bond donors (Lipinski definition) is 0. The summed E-state index contributed by atoms with van der Waals surface area (Å²) in [6.07, 6.45) is 0. The number of alkyl halides is 1. The molecule has 1 unspecified atom stereocenters. The van der Waals surface area contributed by atoms with Gasteiger partial charge in [-0.05, 0) is 30.2 Å². The molecule has 0 radical (unpaired) electrons.